The number of carbonyl (C=O) groups excluding carboxylic acids is 2. The Balaban J connectivity index is 1.23. The number of hydrogen-bond donors (Lipinski definition) is 2. The Bertz CT molecular complexity index is 1620. The third-order valence-corrected chi connectivity index (χ3v) is 6.83. The molecule has 2 aliphatic rings. The van der Waals surface area contributed by atoms with Crippen LogP contribution in [0.2, 0.25) is 0 Å². The molecule has 2 aliphatic heterocycles. The second-order valence-electron chi connectivity index (χ2n) is 9.84. The molecule has 0 aliphatic carbocycles. The molecule has 1 unspecified atom stereocenters. The Morgan fingerprint density at radius 3 is 1.93 bits per heavy atom. The number of rotatable bonds is 10. The lowest BCUT2D eigenvalue weighted by atomic mass is 10.1. The number of halogens is 1. The predicted octanol–water partition coefficient (Wildman–Crippen LogP) is 0.162. The van der Waals surface area contributed by atoms with Crippen LogP contribution in [0.25, 0.3) is 10.4 Å². The highest BCUT2D eigenvalue weighted by molar-refractivity contribution is 5.77. The van der Waals surface area contributed by atoms with Crippen LogP contribution >= 0.6 is 0 Å². The van der Waals surface area contributed by atoms with Gasteiger partial charge in [0, 0.05) is 41.3 Å². The fraction of sp³-hybridized carbons (Fsp3) is 0.583. The SMILES string of the molecule is Cc1cn([C@H]2CC(N=[N+]=[N-])[C@@H](COC(=O)CCC(=O)OC[C@H]3O[C@@H](n4cc(C)c(=O)[nH]c4=O)C[C@@H]3F)O2)c(=O)[nH]c1=O. The van der Waals surface area contributed by atoms with E-state index in [9.17, 15) is 33.2 Å². The van der Waals surface area contributed by atoms with Crippen molar-refractivity contribution in [1.29, 1.82) is 0 Å². The fourth-order valence-corrected chi connectivity index (χ4v) is 4.53. The van der Waals surface area contributed by atoms with Gasteiger partial charge < -0.3 is 18.9 Å². The second-order valence-corrected chi connectivity index (χ2v) is 9.84. The van der Waals surface area contributed by atoms with E-state index < -0.39 is 77.9 Å². The Morgan fingerprint density at radius 1 is 0.929 bits per heavy atom. The Labute approximate surface area is 234 Å². The highest BCUT2D eigenvalue weighted by Crippen LogP contribution is 2.31. The van der Waals surface area contributed by atoms with E-state index in [1.54, 1.807) is 0 Å². The molecule has 2 N–H and O–H groups in total. The molecule has 2 fully saturated rings. The van der Waals surface area contributed by atoms with Gasteiger partial charge in [0.05, 0.1) is 18.9 Å². The van der Waals surface area contributed by atoms with Crippen LogP contribution < -0.4 is 22.5 Å². The first-order valence-corrected chi connectivity index (χ1v) is 12.9. The van der Waals surface area contributed by atoms with Crippen molar-refractivity contribution in [1.82, 2.24) is 19.1 Å². The van der Waals surface area contributed by atoms with E-state index in [1.165, 1.54) is 26.2 Å². The first kappa shape index (κ1) is 30.4. The zero-order valence-electron chi connectivity index (χ0n) is 22.6. The molecule has 17 nitrogen and oxygen atoms in total. The summed E-state index contributed by atoms with van der Waals surface area (Å²) in [6.45, 7) is 2.19. The summed E-state index contributed by atoms with van der Waals surface area (Å²) in [7, 11) is 0. The average molecular weight is 594 g/mol. The molecule has 0 aromatic carbocycles. The normalized spacial score (nSPS) is 25.1. The number of nitrogens with zero attached hydrogens (tertiary/aromatic N) is 5. The second kappa shape index (κ2) is 13.0. The molecule has 4 rings (SSSR count). The summed E-state index contributed by atoms with van der Waals surface area (Å²) in [6, 6.07) is -0.781. The number of esters is 2. The molecule has 226 valence electrons. The van der Waals surface area contributed by atoms with Crippen molar-refractivity contribution in [2.75, 3.05) is 13.2 Å². The van der Waals surface area contributed by atoms with Crippen molar-refractivity contribution < 1.29 is 32.9 Å². The topological polar surface area (TPSA) is 230 Å². The minimum atomic E-state index is -1.55. The predicted molar refractivity (Wildman–Crippen MR) is 138 cm³/mol. The number of alkyl halides is 1. The van der Waals surface area contributed by atoms with E-state index in [0.717, 1.165) is 9.13 Å². The van der Waals surface area contributed by atoms with Crippen molar-refractivity contribution >= 4 is 11.9 Å². The van der Waals surface area contributed by atoms with Gasteiger partial charge in [-0.3, -0.25) is 38.3 Å². The summed E-state index contributed by atoms with van der Waals surface area (Å²) >= 11 is 0. The fourth-order valence-electron chi connectivity index (χ4n) is 4.53. The number of carbonyl (C=O) groups is 2. The molecule has 42 heavy (non-hydrogen) atoms. The van der Waals surface area contributed by atoms with E-state index in [2.05, 4.69) is 20.0 Å². The van der Waals surface area contributed by atoms with Crippen LogP contribution in [0.5, 0.6) is 0 Å². The van der Waals surface area contributed by atoms with Gasteiger partial charge in [0.15, 0.2) is 0 Å². The van der Waals surface area contributed by atoms with Crippen molar-refractivity contribution in [3.05, 3.63) is 75.6 Å². The average Bonchev–Trinajstić information content (AvgIpc) is 3.52. The van der Waals surface area contributed by atoms with Gasteiger partial charge in [0.25, 0.3) is 11.1 Å². The third kappa shape index (κ3) is 7.02. The molecule has 2 saturated heterocycles. The molecule has 0 bridgehead atoms. The molecular formula is C24H28FN7O10. The maximum absolute atomic E-state index is 14.5. The zero-order valence-corrected chi connectivity index (χ0v) is 22.6. The summed E-state index contributed by atoms with van der Waals surface area (Å²) in [5.74, 6) is -1.61. The first-order chi connectivity index (χ1) is 20.0. The molecule has 6 atom stereocenters. The van der Waals surface area contributed by atoms with Crippen LogP contribution in [0.3, 0.4) is 0 Å². The highest BCUT2D eigenvalue weighted by Gasteiger charge is 2.39. The standard InChI is InChI=1S/C24H28FN7O10/c1-11-7-31(23(37)27-21(11)35)17-5-13(25)15(41-17)9-39-19(33)3-4-20(34)40-10-16-14(29-30-26)6-18(42-16)32-8-12(2)22(36)28-24(32)38/h7-8,13-18H,3-6,9-10H2,1-2H3,(H,27,35,37)(H,28,36,38)/t13-,14?,15+,16+,17+,18+/m0/s1. The van der Waals surface area contributed by atoms with Crippen molar-refractivity contribution in [3.63, 3.8) is 0 Å². The van der Waals surface area contributed by atoms with Crippen molar-refractivity contribution in [2.24, 2.45) is 5.11 Å². The van der Waals surface area contributed by atoms with E-state index in [-0.39, 0.29) is 43.4 Å². The Morgan fingerprint density at radius 2 is 1.40 bits per heavy atom. The van der Waals surface area contributed by atoms with Crippen molar-refractivity contribution in [2.45, 2.75) is 76.4 Å². The lowest BCUT2D eigenvalue weighted by molar-refractivity contribution is -0.155. The van der Waals surface area contributed by atoms with Gasteiger partial charge in [0.2, 0.25) is 0 Å². The third-order valence-electron chi connectivity index (χ3n) is 6.83. The molecule has 0 radical (unpaired) electrons. The molecule has 0 saturated carbocycles. The van der Waals surface area contributed by atoms with Crippen LogP contribution in [0.4, 0.5) is 4.39 Å². The summed E-state index contributed by atoms with van der Waals surface area (Å²) in [5, 5.41) is 3.63. The molecule has 2 aromatic rings. The van der Waals surface area contributed by atoms with Crippen LogP contribution in [-0.4, -0.2) is 68.7 Å². The molecule has 2 aromatic heterocycles. The highest BCUT2D eigenvalue weighted by atomic mass is 19.1. The monoisotopic (exact) mass is 593 g/mol. The van der Waals surface area contributed by atoms with E-state index in [1.807, 2.05) is 0 Å². The van der Waals surface area contributed by atoms with Gasteiger partial charge in [-0.1, -0.05) is 5.11 Å². The number of nitrogens with one attached hydrogen (secondary N) is 2. The Kier molecular flexibility index (Phi) is 9.39. The molecule has 18 heteroatoms. The summed E-state index contributed by atoms with van der Waals surface area (Å²) in [4.78, 5) is 78.8. The number of H-pyrrole nitrogens is 2. The summed E-state index contributed by atoms with van der Waals surface area (Å²) in [6.07, 6.45) is -3.79. The van der Waals surface area contributed by atoms with Gasteiger partial charge in [-0.15, -0.1) is 0 Å². The number of aromatic amines is 2. The number of ether oxygens (including phenoxy) is 4. The summed E-state index contributed by atoms with van der Waals surface area (Å²) < 4.78 is 38.1. The molecular weight excluding hydrogens is 565 g/mol. The summed E-state index contributed by atoms with van der Waals surface area (Å²) in [5.41, 5.74) is 6.79. The largest absolute Gasteiger partial charge is 0.463 e. The van der Waals surface area contributed by atoms with Crippen LogP contribution in [0.1, 0.15) is 49.3 Å². The molecule has 0 spiro atoms. The van der Waals surface area contributed by atoms with E-state index in [4.69, 9.17) is 24.5 Å². The minimum Gasteiger partial charge on any atom is -0.463 e. The van der Waals surface area contributed by atoms with Crippen LogP contribution in [0, 0.1) is 13.8 Å². The zero-order chi connectivity index (χ0) is 30.6. The number of azide groups is 1. The quantitative estimate of drug-likeness (QED) is 0.164. The van der Waals surface area contributed by atoms with Gasteiger partial charge in [-0.25, -0.2) is 14.0 Å². The van der Waals surface area contributed by atoms with E-state index >= 15 is 0 Å². The molecule has 4 heterocycles. The minimum absolute atomic E-state index is 0.0834. The van der Waals surface area contributed by atoms with Crippen molar-refractivity contribution in [3.8, 4) is 0 Å². The maximum Gasteiger partial charge on any atom is 0.330 e. The van der Waals surface area contributed by atoms with Gasteiger partial charge in [0.1, 0.15) is 44.0 Å². The lowest BCUT2D eigenvalue weighted by Gasteiger charge is -2.17. The van der Waals surface area contributed by atoms with E-state index in [0.29, 0.717) is 0 Å². The van der Waals surface area contributed by atoms with Gasteiger partial charge in [-0.05, 0) is 19.4 Å². The van der Waals surface area contributed by atoms with Gasteiger partial charge >= 0.3 is 23.3 Å². The Hall–Kier alpha value is -4.54. The maximum atomic E-state index is 14.5. The first-order valence-electron chi connectivity index (χ1n) is 12.9. The smallest absolute Gasteiger partial charge is 0.330 e. The van der Waals surface area contributed by atoms with Gasteiger partial charge in [-0.2, -0.15) is 0 Å². The number of aryl methyl sites for hydroxylation is 2. The lowest BCUT2D eigenvalue weighted by Crippen LogP contribution is -2.33. The van der Waals surface area contributed by atoms with Crippen LogP contribution in [0.15, 0.2) is 36.7 Å². The number of aromatic nitrogens is 4. The van der Waals surface area contributed by atoms with Crippen LogP contribution in [-0.2, 0) is 28.5 Å². The molecule has 0 amide bonds. The number of hydrogen-bond acceptors (Lipinski definition) is 11.